The molecule has 180 valence electrons. The highest BCUT2D eigenvalue weighted by atomic mass is 16.7. The summed E-state index contributed by atoms with van der Waals surface area (Å²) >= 11 is 0. The van der Waals surface area contributed by atoms with Crippen molar-refractivity contribution < 1.29 is 38.1 Å². The molecule has 0 aromatic carbocycles. The molecule has 0 aromatic heterocycles. The van der Waals surface area contributed by atoms with Gasteiger partial charge in [-0.25, -0.2) is 0 Å². The summed E-state index contributed by atoms with van der Waals surface area (Å²) in [6.45, 7) is 9.72. The van der Waals surface area contributed by atoms with Crippen molar-refractivity contribution in [2.75, 3.05) is 13.6 Å². The van der Waals surface area contributed by atoms with E-state index in [1.54, 1.807) is 41.5 Å². The summed E-state index contributed by atoms with van der Waals surface area (Å²) in [5, 5.41) is 0. The van der Waals surface area contributed by atoms with Gasteiger partial charge >= 0.3 is 23.9 Å². The van der Waals surface area contributed by atoms with E-state index < -0.39 is 22.8 Å². The van der Waals surface area contributed by atoms with Gasteiger partial charge in [0.05, 0.1) is 10.8 Å². The Balaban J connectivity index is 3.51. The second kappa shape index (κ2) is 14.8. The molecule has 0 radical (unpaired) electrons. The molecule has 31 heavy (non-hydrogen) atoms. The Morgan fingerprint density at radius 3 is 1.06 bits per heavy atom. The Morgan fingerprint density at radius 1 is 0.484 bits per heavy atom. The van der Waals surface area contributed by atoms with Crippen molar-refractivity contribution in [2.24, 2.45) is 10.8 Å². The average Bonchev–Trinajstić information content (AvgIpc) is 2.64. The second-order valence-electron chi connectivity index (χ2n) is 9.61. The van der Waals surface area contributed by atoms with Crippen LogP contribution in [-0.2, 0) is 38.1 Å². The molecule has 0 rings (SSSR count). The predicted octanol–water partition coefficient (Wildman–Crippen LogP) is 4.68. The van der Waals surface area contributed by atoms with Crippen LogP contribution in [0.5, 0.6) is 0 Å². The van der Waals surface area contributed by atoms with Crippen LogP contribution in [0.3, 0.4) is 0 Å². The average molecular weight is 445 g/mol. The van der Waals surface area contributed by atoms with Gasteiger partial charge in [0.25, 0.3) is 0 Å². The van der Waals surface area contributed by atoms with Gasteiger partial charge in [0, 0.05) is 12.8 Å². The van der Waals surface area contributed by atoms with Gasteiger partial charge in [-0.05, 0) is 54.4 Å². The van der Waals surface area contributed by atoms with E-state index in [2.05, 4.69) is 0 Å². The van der Waals surface area contributed by atoms with Crippen molar-refractivity contribution in [1.82, 2.24) is 0 Å². The summed E-state index contributed by atoms with van der Waals surface area (Å²) in [6, 6.07) is 0. The van der Waals surface area contributed by atoms with Crippen LogP contribution in [0.2, 0.25) is 0 Å². The fourth-order valence-corrected chi connectivity index (χ4v) is 2.30. The highest BCUT2D eigenvalue weighted by molar-refractivity contribution is 5.76. The molecule has 0 fully saturated rings. The largest absolute Gasteiger partial charge is 0.428 e. The molecule has 0 aliphatic rings. The monoisotopic (exact) mass is 444 g/mol. The van der Waals surface area contributed by atoms with Crippen molar-refractivity contribution in [2.45, 2.75) is 99.3 Å². The first-order valence-corrected chi connectivity index (χ1v) is 11.0. The standard InChI is InChI=1S/C23H40O8/c1-22(2,3)20(26)30-16-28-18(24)14-12-10-8-7-9-11-13-15-19(25)29-17-31-21(27)23(4,5)6/h7-17H2,1-6H3. The Labute approximate surface area is 186 Å². The van der Waals surface area contributed by atoms with Gasteiger partial charge in [-0.2, -0.15) is 0 Å². The van der Waals surface area contributed by atoms with E-state index in [0.717, 1.165) is 44.9 Å². The Kier molecular flexibility index (Phi) is 13.8. The normalized spacial score (nSPS) is 11.5. The van der Waals surface area contributed by atoms with Crippen molar-refractivity contribution in [3.8, 4) is 0 Å². The van der Waals surface area contributed by atoms with Gasteiger partial charge in [0.2, 0.25) is 13.6 Å². The zero-order chi connectivity index (χ0) is 23.9. The van der Waals surface area contributed by atoms with Gasteiger partial charge in [-0.3, -0.25) is 19.2 Å². The second-order valence-corrected chi connectivity index (χ2v) is 9.61. The molecule has 0 saturated carbocycles. The van der Waals surface area contributed by atoms with Gasteiger partial charge in [-0.15, -0.1) is 0 Å². The minimum absolute atomic E-state index is 0.304. The van der Waals surface area contributed by atoms with Crippen molar-refractivity contribution in [1.29, 1.82) is 0 Å². The molecule has 8 nitrogen and oxygen atoms in total. The van der Waals surface area contributed by atoms with Crippen LogP contribution < -0.4 is 0 Å². The SMILES string of the molecule is CC(C)(C)C(=O)OCOC(=O)CCCCCCCCCC(=O)OCOC(=O)C(C)(C)C. The van der Waals surface area contributed by atoms with Crippen molar-refractivity contribution in [3.63, 3.8) is 0 Å². The van der Waals surface area contributed by atoms with E-state index in [1.807, 2.05) is 0 Å². The van der Waals surface area contributed by atoms with Crippen LogP contribution in [0.25, 0.3) is 0 Å². The molecule has 0 unspecified atom stereocenters. The van der Waals surface area contributed by atoms with Crippen molar-refractivity contribution in [3.05, 3.63) is 0 Å². The molecule has 0 N–H and O–H groups in total. The maximum absolute atomic E-state index is 11.6. The fraction of sp³-hybridized carbons (Fsp3) is 0.826. The Morgan fingerprint density at radius 2 is 0.774 bits per heavy atom. The number of rotatable bonds is 14. The lowest BCUT2D eigenvalue weighted by Crippen LogP contribution is -2.24. The molecule has 0 aromatic rings. The van der Waals surface area contributed by atoms with E-state index >= 15 is 0 Å². The summed E-state index contributed by atoms with van der Waals surface area (Å²) in [6.07, 6.45) is 6.92. The summed E-state index contributed by atoms with van der Waals surface area (Å²) in [4.78, 5) is 46.3. The van der Waals surface area contributed by atoms with Crippen LogP contribution in [0.1, 0.15) is 99.3 Å². The van der Waals surface area contributed by atoms with Gasteiger partial charge < -0.3 is 18.9 Å². The molecule has 8 heteroatoms. The van der Waals surface area contributed by atoms with Crippen LogP contribution in [0.15, 0.2) is 0 Å². The zero-order valence-corrected chi connectivity index (χ0v) is 20.0. The van der Waals surface area contributed by atoms with Crippen LogP contribution in [0, 0.1) is 10.8 Å². The minimum atomic E-state index is -0.617. The van der Waals surface area contributed by atoms with Crippen molar-refractivity contribution >= 4 is 23.9 Å². The first kappa shape index (κ1) is 28.9. The number of esters is 4. The third kappa shape index (κ3) is 16.3. The number of carbonyl (C=O) groups is 4. The number of ether oxygens (including phenoxy) is 4. The first-order chi connectivity index (χ1) is 14.3. The lowest BCUT2D eigenvalue weighted by molar-refractivity contribution is -0.174. The van der Waals surface area contributed by atoms with E-state index in [0.29, 0.717) is 12.8 Å². The maximum Gasteiger partial charge on any atom is 0.314 e. The number of carbonyl (C=O) groups excluding carboxylic acids is 4. The van der Waals surface area contributed by atoms with Crippen LogP contribution in [-0.4, -0.2) is 37.5 Å². The molecule has 0 atom stereocenters. The van der Waals surface area contributed by atoms with Crippen LogP contribution in [0.4, 0.5) is 0 Å². The molecule has 0 saturated heterocycles. The first-order valence-electron chi connectivity index (χ1n) is 11.0. The van der Waals surface area contributed by atoms with Gasteiger partial charge in [0.1, 0.15) is 0 Å². The highest BCUT2D eigenvalue weighted by Gasteiger charge is 2.24. The van der Waals surface area contributed by atoms with E-state index in [1.165, 1.54) is 0 Å². The lowest BCUT2D eigenvalue weighted by atomic mass is 9.97. The highest BCUT2D eigenvalue weighted by Crippen LogP contribution is 2.16. The number of hydrogen-bond acceptors (Lipinski definition) is 8. The number of unbranched alkanes of at least 4 members (excludes halogenated alkanes) is 6. The Hall–Kier alpha value is -2.12. The maximum atomic E-state index is 11.6. The molecule has 0 bridgehead atoms. The molecular formula is C23H40O8. The molecular weight excluding hydrogens is 404 g/mol. The third-order valence-electron chi connectivity index (χ3n) is 4.31. The molecule has 0 aliphatic heterocycles. The summed E-state index contributed by atoms with van der Waals surface area (Å²) in [7, 11) is 0. The van der Waals surface area contributed by atoms with E-state index in [4.69, 9.17) is 18.9 Å². The topological polar surface area (TPSA) is 105 Å². The molecule has 0 amide bonds. The quantitative estimate of drug-likeness (QED) is 0.216. The Bertz CT molecular complexity index is 519. The van der Waals surface area contributed by atoms with Gasteiger partial charge in [-0.1, -0.05) is 32.1 Å². The predicted molar refractivity (Wildman–Crippen MR) is 115 cm³/mol. The lowest BCUT2D eigenvalue weighted by Gasteiger charge is -2.16. The summed E-state index contributed by atoms with van der Waals surface area (Å²) in [5.41, 5.74) is -1.23. The van der Waals surface area contributed by atoms with E-state index in [-0.39, 0.29) is 25.5 Å². The van der Waals surface area contributed by atoms with Crippen LogP contribution >= 0.6 is 0 Å². The molecule has 0 aliphatic carbocycles. The summed E-state index contributed by atoms with van der Waals surface area (Å²) in [5.74, 6) is -1.54. The fourth-order valence-electron chi connectivity index (χ4n) is 2.30. The van der Waals surface area contributed by atoms with Gasteiger partial charge in [0.15, 0.2) is 0 Å². The summed E-state index contributed by atoms with van der Waals surface area (Å²) < 4.78 is 19.6. The third-order valence-corrected chi connectivity index (χ3v) is 4.31. The zero-order valence-electron chi connectivity index (χ0n) is 20.0. The minimum Gasteiger partial charge on any atom is -0.428 e. The smallest absolute Gasteiger partial charge is 0.314 e. The molecule has 0 spiro atoms. The van der Waals surface area contributed by atoms with E-state index in [9.17, 15) is 19.2 Å². The molecule has 0 heterocycles. The number of hydrogen-bond donors (Lipinski definition) is 0.